The Bertz CT molecular complexity index is 2010. The van der Waals surface area contributed by atoms with Crippen LogP contribution >= 0.6 is 0 Å². The van der Waals surface area contributed by atoms with Crippen LogP contribution in [0.2, 0.25) is 0 Å². The Balaban J connectivity index is 1.52. The van der Waals surface area contributed by atoms with Crippen molar-refractivity contribution in [1.82, 2.24) is 0 Å². The summed E-state index contributed by atoms with van der Waals surface area (Å²) in [5, 5.41) is 8.11. The monoisotopic (exact) mass is 572 g/mol. The second kappa shape index (κ2) is 10.7. The molecule has 43 heavy (non-hydrogen) atoms. The van der Waals surface area contributed by atoms with Crippen molar-refractivity contribution < 1.29 is 23.0 Å². The number of hydrazone groups is 1. The predicted molar refractivity (Wildman–Crippen MR) is 166 cm³/mol. The van der Waals surface area contributed by atoms with E-state index in [1.54, 1.807) is 19.2 Å². The molecule has 8 heteroatoms. The smallest absolute Gasteiger partial charge is 0.206 e. The minimum Gasteiger partial charge on any atom is -0.497 e. The van der Waals surface area contributed by atoms with E-state index in [1.807, 2.05) is 89.9 Å². The lowest BCUT2D eigenvalue weighted by molar-refractivity contribution is 0.395. The number of furan rings is 1. The quantitative estimate of drug-likeness (QED) is 0.198. The van der Waals surface area contributed by atoms with Gasteiger partial charge < -0.3 is 23.0 Å². The molecule has 0 N–H and O–H groups in total. The van der Waals surface area contributed by atoms with E-state index in [-0.39, 0.29) is 22.4 Å². The SMILES string of the molecule is COc1ccc(C2C(c3cc(=O)c4c(OC)c5ccoc5c(OC)c4o3)C(c3ccccc3)=NN2c2ccccc2)cc1. The number of rotatable bonds is 7. The van der Waals surface area contributed by atoms with Gasteiger partial charge >= 0.3 is 0 Å². The summed E-state index contributed by atoms with van der Waals surface area (Å²) in [4.78, 5) is 14.0. The Labute approximate surface area is 247 Å². The fourth-order valence-corrected chi connectivity index (χ4v) is 5.94. The summed E-state index contributed by atoms with van der Waals surface area (Å²) >= 11 is 0. The van der Waals surface area contributed by atoms with Crippen molar-refractivity contribution in [2.45, 2.75) is 12.0 Å². The molecule has 2 atom stereocenters. The van der Waals surface area contributed by atoms with E-state index in [1.165, 1.54) is 20.5 Å². The summed E-state index contributed by atoms with van der Waals surface area (Å²) in [6, 6.07) is 30.7. The Hall–Kier alpha value is -5.50. The van der Waals surface area contributed by atoms with Crippen LogP contribution in [-0.2, 0) is 0 Å². The lowest BCUT2D eigenvalue weighted by Crippen LogP contribution is -2.25. The maximum atomic E-state index is 14.0. The molecule has 1 aliphatic rings. The van der Waals surface area contributed by atoms with Crippen LogP contribution in [0.25, 0.3) is 21.9 Å². The van der Waals surface area contributed by atoms with Gasteiger partial charge in [0.1, 0.15) is 22.6 Å². The van der Waals surface area contributed by atoms with Crippen LogP contribution in [-0.4, -0.2) is 27.0 Å². The average Bonchev–Trinajstić information content (AvgIpc) is 3.70. The number of para-hydroxylation sites is 1. The van der Waals surface area contributed by atoms with Gasteiger partial charge in [-0.2, -0.15) is 5.10 Å². The fourth-order valence-electron chi connectivity index (χ4n) is 5.94. The van der Waals surface area contributed by atoms with Crippen LogP contribution in [0.4, 0.5) is 5.69 Å². The predicted octanol–water partition coefficient (Wildman–Crippen LogP) is 7.31. The molecule has 4 aromatic carbocycles. The zero-order valence-corrected chi connectivity index (χ0v) is 23.8. The topological polar surface area (TPSA) is 86.6 Å². The molecule has 214 valence electrons. The third kappa shape index (κ3) is 4.30. The molecule has 0 aliphatic carbocycles. The summed E-state index contributed by atoms with van der Waals surface area (Å²) in [6.45, 7) is 0. The van der Waals surface area contributed by atoms with Gasteiger partial charge in [-0.25, -0.2) is 0 Å². The largest absolute Gasteiger partial charge is 0.497 e. The summed E-state index contributed by atoms with van der Waals surface area (Å²) in [7, 11) is 4.69. The highest BCUT2D eigenvalue weighted by molar-refractivity contribution is 6.09. The van der Waals surface area contributed by atoms with Gasteiger partial charge in [0.2, 0.25) is 5.75 Å². The summed E-state index contributed by atoms with van der Waals surface area (Å²) < 4.78 is 29.4. The zero-order valence-electron chi connectivity index (χ0n) is 23.8. The number of hydrogen-bond donors (Lipinski definition) is 0. The minimum atomic E-state index is -0.476. The Morgan fingerprint density at radius 2 is 1.47 bits per heavy atom. The van der Waals surface area contributed by atoms with E-state index < -0.39 is 5.92 Å². The highest BCUT2D eigenvalue weighted by Crippen LogP contribution is 2.48. The van der Waals surface area contributed by atoms with Crippen molar-refractivity contribution in [3.8, 4) is 17.2 Å². The first-order chi connectivity index (χ1) is 21.1. The number of benzene rings is 4. The zero-order chi connectivity index (χ0) is 29.5. The fraction of sp³-hybridized carbons (Fsp3) is 0.143. The number of anilines is 1. The van der Waals surface area contributed by atoms with Gasteiger partial charge in [0.25, 0.3) is 0 Å². The summed E-state index contributed by atoms with van der Waals surface area (Å²) in [5.74, 6) is 1.40. The molecule has 8 nitrogen and oxygen atoms in total. The van der Waals surface area contributed by atoms with E-state index in [2.05, 4.69) is 0 Å². The Morgan fingerprint density at radius 1 is 0.767 bits per heavy atom. The van der Waals surface area contributed by atoms with Crippen molar-refractivity contribution in [3.63, 3.8) is 0 Å². The molecule has 6 aromatic rings. The van der Waals surface area contributed by atoms with Gasteiger partial charge in [-0.15, -0.1) is 0 Å². The van der Waals surface area contributed by atoms with Gasteiger partial charge in [-0.3, -0.25) is 9.80 Å². The van der Waals surface area contributed by atoms with Gasteiger partial charge in [0, 0.05) is 6.07 Å². The van der Waals surface area contributed by atoms with Gasteiger partial charge in [0.15, 0.2) is 16.6 Å². The van der Waals surface area contributed by atoms with E-state index in [9.17, 15) is 4.79 Å². The number of nitrogens with zero attached hydrogens (tertiary/aromatic N) is 2. The molecule has 3 heterocycles. The molecule has 2 unspecified atom stereocenters. The van der Waals surface area contributed by atoms with Crippen LogP contribution < -0.4 is 24.6 Å². The molecule has 2 aromatic heterocycles. The van der Waals surface area contributed by atoms with Crippen LogP contribution in [0.3, 0.4) is 0 Å². The first kappa shape index (κ1) is 26.4. The van der Waals surface area contributed by atoms with Gasteiger partial charge in [0.05, 0.1) is 56.3 Å². The molecular weight excluding hydrogens is 544 g/mol. The number of fused-ring (bicyclic) bond motifs is 2. The van der Waals surface area contributed by atoms with Gasteiger partial charge in [-0.1, -0.05) is 60.7 Å². The molecule has 0 spiro atoms. The first-order valence-electron chi connectivity index (χ1n) is 13.8. The molecule has 0 saturated heterocycles. The van der Waals surface area contributed by atoms with Crippen LogP contribution in [0.15, 0.2) is 122 Å². The molecule has 0 fully saturated rings. The summed E-state index contributed by atoms with van der Waals surface area (Å²) in [6.07, 6.45) is 1.54. The van der Waals surface area contributed by atoms with E-state index >= 15 is 0 Å². The second-order valence-electron chi connectivity index (χ2n) is 10.2. The highest BCUT2D eigenvalue weighted by Gasteiger charge is 2.43. The van der Waals surface area contributed by atoms with Crippen molar-refractivity contribution in [2.75, 3.05) is 26.3 Å². The molecule has 7 rings (SSSR count). The van der Waals surface area contributed by atoms with Gasteiger partial charge in [-0.05, 0) is 41.5 Å². The number of ether oxygens (including phenoxy) is 3. The van der Waals surface area contributed by atoms with Crippen LogP contribution in [0.1, 0.15) is 28.8 Å². The Morgan fingerprint density at radius 3 is 2.14 bits per heavy atom. The summed E-state index contributed by atoms with van der Waals surface area (Å²) in [5.41, 5.74) is 3.98. The third-order valence-corrected chi connectivity index (χ3v) is 7.87. The van der Waals surface area contributed by atoms with Crippen molar-refractivity contribution >= 4 is 33.3 Å². The molecule has 0 amide bonds. The Kier molecular flexibility index (Phi) is 6.58. The van der Waals surface area contributed by atoms with Crippen LogP contribution in [0.5, 0.6) is 17.2 Å². The highest BCUT2D eigenvalue weighted by atomic mass is 16.5. The van der Waals surface area contributed by atoms with Crippen molar-refractivity contribution in [2.24, 2.45) is 5.10 Å². The van der Waals surface area contributed by atoms with Crippen LogP contribution in [0, 0.1) is 0 Å². The maximum absolute atomic E-state index is 14.0. The lowest BCUT2D eigenvalue weighted by Gasteiger charge is -2.28. The molecule has 0 radical (unpaired) electrons. The first-order valence-corrected chi connectivity index (χ1v) is 13.8. The third-order valence-electron chi connectivity index (χ3n) is 7.87. The molecule has 1 aliphatic heterocycles. The standard InChI is InChI=1S/C35H28N2O6/c1-39-24-16-14-22(15-17-24)31-29(30(21-10-6-4-7-11-21)36-37(31)23-12-8-5-9-13-23)27-20-26(38)28-32(40-2)25-18-19-42-33(25)35(41-3)34(28)43-27/h4-20,29,31H,1-3H3. The number of methoxy groups -OCH3 is 3. The normalized spacial score (nSPS) is 16.4. The number of hydrogen-bond acceptors (Lipinski definition) is 8. The maximum Gasteiger partial charge on any atom is 0.206 e. The molecule has 0 saturated carbocycles. The second-order valence-corrected chi connectivity index (χ2v) is 10.2. The average molecular weight is 573 g/mol. The van der Waals surface area contributed by atoms with E-state index in [4.69, 9.17) is 28.1 Å². The van der Waals surface area contributed by atoms with Crippen molar-refractivity contribution in [1.29, 1.82) is 0 Å². The van der Waals surface area contributed by atoms with Crippen molar-refractivity contribution in [3.05, 3.63) is 130 Å². The molecule has 0 bridgehead atoms. The lowest BCUT2D eigenvalue weighted by atomic mass is 9.84. The minimum absolute atomic E-state index is 0.253. The molecular formula is C35H28N2O6. The van der Waals surface area contributed by atoms with E-state index in [0.29, 0.717) is 28.2 Å². The van der Waals surface area contributed by atoms with E-state index in [0.717, 1.165) is 28.3 Å².